The standard InChI is InChI=1S/C24H27N9O2/c1-31-8-10-32(11-9-31)18-6-4-16(5-7-18)26-20-13-21(27-17-2-3-17)33-22(29-20)15(14-25-33)12-19-23(34)30-24(35)28-19/h4-7,12-14,17,26,34H,2-3,8-11H2,1H3,(H2,28,30,35). The highest BCUT2D eigenvalue weighted by Gasteiger charge is 2.20. The number of benzene rings is 1. The Bertz CT molecular complexity index is 1540. The second-order valence-electron chi connectivity index (χ2n) is 9.14. The molecule has 1 aliphatic carbocycles. The van der Waals surface area contributed by atoms with E-state index in [4.69, 9.17) is 9.98 Å². The predicted octanol–water partition coefficient (Wildman–Crippen LogP) is 0.558. The van der Waals surface area contributed by atoms with Crippen molar-refractivity contribution in [3.63, 3.8) is 0 Å². The summed E-state index contributed by atoms with van der Waals surface area (Å²) in [5.41, 5.74) is 3.21. The number of likely N-dealkylation sites (N-methyl/N-ethyl adjacent to an activating group) is 1. The molecule has 1 aromatic carbocycles. The van der Waals surface area contributed by atoms with Gasteiger partial charge in [0.2, 0.25) is 5.88 Å². The first-order valence-corrected chi connectivity index (χ1v) is 11.8. The molecule has 2 aliphatic rings. The number of anilines is 3. The van der Waals surface area contributed by atoms with Crippen LogP contribution in [-0.4, -0.2) is 73.8 Å². The predicted molar refractivity (Wildman–Crippen MR) is 133 cm³/mol. The largest absolute Gasteiger partial charge is 0.493 e. The van der Waals surface area contributed by atoms with Gasteiger partial charge < -0.3 is 25.2 Å². The Morgan fingerprint density at radius 3 is 2.60 bits per heavy atom. The van der Waals surface area contributed by atoms with Gasteiger partial charge in [-0.3, -0.25) is 9.98 Å². The molecule has 0 bridgehead atoms. The number of H-pyrrole nitrogens is 2. The van der Waals surface area contributed by atoms with E-state index < -0.39 is 5.69 Å². The van der Waals surface area contributed by atoms with Crippen LogP contribution < -0.4 is 26.6 Å². The van der Waals surface area contributed by atoms with Crippen LogP contribution in [0.5, 0.6) is 5.88 Å². The molecule has 11 heteroatoms. The molecule has 180 valence electrons. The van der Waals surface area contributed by atoms with Crippen molar-refractivity contribution < 1.29 is 5.11 Å². The summed E-state index contributed by atoms with van der Waals surface area (Å²) in [6.45, 7) is 4.18. The van der Waals surface area contributed by atoms with Crippen molar-refractivity contribution in [3.05, 3.63) is 63.4 Å². The molecule has 1 aliphatic heterocycles. The van der Waals surface area contributed by atoms with Crippen LogP contribution in [0.1, 0.15) is 18.5 Å². The molecule has 35 heavy (non-hydrogen) atoms. The molecule has 4 N–H and O–H groups in total. The molecule has 1 saturated heterocycles. The summed E-state index contributed by atoms with van der Waals surface area (Å²) in [4.78, 5) is 30.7. The van der Waals surface area contributed by atoms with Crippen molar-refractivity contribution in [2.75, 3.05) is 43.4 Å². The Balaban J connectivity index is 1.35. The number of aromatic nitrogens is 5. The molecule has 3 aromatic heterocycles. The smallest absolute Gasteiger partial charge is 0.326 e. The quantitative estimate of drug-likeness (QED) is 0.333. The van der Waals surface area contributed by atoms with Gasteiger partial charge in [0.25, 0.3) is 0 Å². The van der Waals surface area contributed by atoms with Crippen LogP contribution in [0.15, 0.2) is 46.3 Å². The van der Waals surface area contributed by atoms with Crippen molar-refractivity contribution in [3.8, 4) is 5.88 Å². The lowest BCUT2D eigenvalue weighted by molar-refractivity contribution is 0.313. The Morgan fingerprint density at radius 2 is 1.91 bits per heavy atom. The number of imidazole rings is 1. The third-order valence-electron chi connectivity index (χ3n) is 6.39. The van der Waals surface area contributed by atoms with Gasteiger partial charge in [0.15, 0.2) is 11.1 Å². The van der Waals surface area contributed by atoms with Gasteiger partial charge in [-0.25, -0.2) is 9.78 Å². The number of nitrogens with one attached hydrogen (secondary N) is 3. The summed E-state index contributed by atoms with van der Waals surface area (Å²) >= 11 is 0. The molecule has 0 atom stereocenters. The second kappa shape index (κ2) is 8.58. The Morgan fingerprint density at radius 1 is 1.14 bits per heavy atom. The maximum absolute atomic E-state index is 11.5. The van der Waals surface area contributed by atoms with E-state index in [1.165, 1.54) is 5.69 Å². The van der Waals surface area contributed by atoms with Gasteiger partial charge in [-0.05, 0) is 50.2 Å². The average molecular weight is 474 g/mol. The molecule has 6 rings (SSSR count). The number of hydrogen-bond acceptors (Lipinski definition) is 8. The molecule has 0 spiro atoms. The Hall–Kier alpha value is -4.12. The number of piperazine rings is 1. The molecule has 11 nitrogen and oxygen atoms in total. The minimum Gasteiger partial charge on any atom is -0.493 e. The van der Waals surface area contributed by atoms with Crippen LogP contribution in [-0.2, 0) is 0 Å². The van der Waals surface area contributed by atoms with Crippen molar-refractivity contribution >= 4 is 28.9 Å². The van der Waals surface area contributed by atoms with Crippen LogP contribution in [0.4, 0.5) is 17.2 Å². The zero-order chi connectivity index (χ0) is 23.9. The normalized spacial score (nSPS) is 18.0. The van der Waals surface area contributed by atoms with Crippen LogP contribution in [0.25, 0.3) is 11.7 Å². The van der Waals surface area contributed by atoms with Gasteiger partial charge in [0.05, 0.1) is 12.2 Å². The molecule has 0 amide bonds. The van der Waals surface area contributed by atoms with Gasteiger partial charge in [-0.15, -0.1) is 0 Å². The summed E-state index contributed by atoms with van der Waals surface area (Å²) in [6, 6.07) is 10.6. The SMILES string of the molecule is CN1CCN(c2ccc(Nc3cc(=NC4CC4)n4ncc(=Cc5[nH]c(=O)[nH]c5O)c4n3)cc2)CC1. The minimum absolute atomic E-state index is 0.230. The van der Waals surface area contributed by atoms with Gasteiger partial charge in [0.1, 0.15) is 11.5 Å². The monoisotopic (exact) mass is 473 g/mol. The number of fused-ring (bicyclic) bond motifs is 1. The molecular weight excluding hydrogens is 446 g/mol. The third kappa shape index (κ3) is 4.50. The number of hydrogen-bond donors (Lipinski definition) is 4. The van der Waals surface area contributed by atoms with E-state index in [-0.39, 0.29) is 11.6 Å². The topological polar surface area (TPSA) is 130 Å². The maximum atomic E-state index is 11.5. The lowest BCUT2D eigenvalue weighted by Crippen LogP contribution is -2.44. The van der Waals surface area contributed by atoms with E-state index in [2.05, 4.69) is 61.5 Å². The van der Waals surface area contributed by atoms with Crippen molar-refractivity contribution in [1.29, 1.82) is 0 Å². The zero-order valence-corrected chi connectivity index (χ0v) is 19.4. The molecule has 4 heterocycles. The molecular formula is C24H27N9O2. The van der Waals surface area contributed by atoms with E-state index in [1.807, 2.05) is 6.07 Å². The summed E-state index contributed by atoms with van der Waals surface area (Å²) in [5, 5.41) is 18.5. The molecule has 4 aromatic rings. The van der Waals surface area contributed by atoms with E-state index in [9.17, 15) is 9.90 Å². The lowest BCUT2D eigenvalue weighted by atomic mass is 10.2. The highest BCUT2D eigenvalue weighted by atomic mass is 16.3. The summed E-state index contributed by atoms with van der Waals surface area (Å²) in [6.07, 6.45) is 5.42. The van der Waals surface area contributed by atoms with Gasteiger partial charge >= 0.3 is 5.69 Å². The fourth-order valence-corrected chi connectivity index (χ4v) is 4.23. The Kier molecular flexibility index (Phi) is 5.25. The van der Waals surface area contributed by atoms with Crippen LogP contribution in [0.3, 0.4) is 0 Å². The van der Waals surface area contributed by atoms with E-state index >= 15 is 0 Å². The summed E-state index contributed by atoms with van der Waals surface area (Å²) in [7, 11) is 2.15. The van der Waals surface area contributed by atoms with Gasteiger partial charge in [-0.1, -0.05) is 0 Å². The highest BCUT2D eigenvalue weighted by Crippen LogP contribution is 2.23. The van der Waals surface area contributed by atoms with E-state index in [0.29, 0.717) is 28.2 Å². The fraction of sp³-hybridized carbons (Fsp3) is 0.333. The van der Waals surface area contributed by atoms with Crippen LogP contribution >= 0.6 is 0 Å². The number of nitrogens with zero attached hydrogens (tertiary/aromatic N) is 6. The third-order valence-corrected chi connectivity index (χ3v) is 6.39. The van der Waals surface area contributed by atoms with Crippen LogP contribution in [0.2, 0.25) is 0 Å². The molecule has 2 fully saturated rings. The lowest BCUT2D eigenvalue weighted by Gasteiger charge is -2.34. The molecule has 0 radical (unpaired) electrons. The number of rotatable bonds is 5. The first-order chi connectivity index (χ1) is 17.0. The summed E-state index contributed by atoms with van der Waals surface area (Å²) < 4.78 is 1.69. The number of aromatic amines is 2. The van der Waals surface area contributed by atoms with E-state index in [1.54, 1.807) is 16.8 Å². The number of aromatic hydroxyl groups is 1. The fourth-order valence-electron chi connectivity index (χ4n) is 4.23. The first-order valence-electron chi connectivity index (χ1n) is 11.8. The Labute approximate surface area is 200 Å². The second-order valence-corrected chi connectivity index (χ2v) is 9.14. The van der Waals surface area contributed by atoms with Gasteiger partial charge in [-0.2, -0.15) is 9.61 Å². The highest BCUT2D eigenvalue weighted by molar-refractivity contribution is 5.63. The van der Waals surface area contributed by atoms with E-state index in [0.717, 1.165) is 44.7 Å². The zero-order valence-electron chi connectivity index (χ0n) is 19.4. The van der Waals surface area contributed by atoms with Crippen molar-refractivity contribution in [2.24, 2.45) is 4.99 Å². The molecule has 0 unspecified atom stereocenters. The van der Waals surface area contributed by atoms with Crippen molar-refractivity contribution in [2.45, 2.75) is 18.9 Å². The van der Waals surface area contributed by atoms with Gasteiger partial charge in [0, 0.05) is 48.8 Å². The minimum atomic E-state index is -0.481. The van der Waals surface area contributed by atoms with Crippen molar-refractivity contribution in [1.82, 2.24) is 29.5 Å². The molecule has 1 saturated carbocycles. The summed E-state index contributed by atoms with van der Waals surface area (Å²) in [5.74, 6) is 0.415. The average Bonchev–Trinajstić information content (AvgIpc) is 3.48. The van der Waals surface area contributed by atoms with Crippen LogP contribution in [0, 0.1) is 0 Å². The maximum Gasteiger partial charge on any atom is 0.326 e. The first kappa shape index (κ1) is 21.4.